The Labute approximate surface area is 148 Å². The van der Waals surface area contributed by atoms with E-state index in [4.69, 9.17) is 10.00 Å². The lowest BCUT2D eigenvalue weighted by atomic mass is 10.1. The van der Waals surface area contributed by atoms with Gasteiger partial charge in [0.2, 0.25) is 0 Å². The first-order chi connectivity index (χ1) is 11.7. The Balaban J connectivity index is 1.91. The third kappa shape index (κ3) is 5.50. The Hall–Kier alpha value is -2.12. The predicted molar refractivity (Wildman–Crippen MR) is 99.3 cm³/mol. The van der Waals surface area contributed by atoms with Crippen LogP contribution >= 0.6 is 11.8 Å². The summed E-state index contributed by atoms with van der Waals surface area (Å²) in [6.45, 7) is 2.58. The van der Waals surface area contributed by atoms with Crippen LogP contribution in [0.2, 0.25) is 0 Å². The minimum absolute atomic E-state index is 0.305. The summed E-state index contributed by atoms with van der Waals surface area (Å²) < 4.78 is 5.91. The van der Waals surface area contributed by atoms with Crippen LogP contribution in [0.15, 0.2) is 42.5 Å². The van der Waals surface area contributed by atoms with Gasteiger partial charge < -0.3 is 9.84 Å². The van der Waals surface area contributed by atoms with Crippen molar-refractivity contribution in [2.45, 2.75) is 39.2 Å². The van der Waals surface area contributed by atoms with Crippen molar-refractivity contribution < 1.29 is 9.84 Å². The molecule has 24 heavy (non-hydrogen) atoms. The minimum atomic E-state index is 0.305. The summed E-state index contributed by atoms with van der Waals surface area (Å²) >= 11 is 1.31. The lowest BCUT2D eigenvalue weighted by Gasteiger charge is -2.12. The number of thiocyanates is 1. The van der Waals surface area contributed by atoms with Gasteiger partial charge in [0.1, 0.15) is 23.5 Å². The van der Waals surface area contributed by atoms with Gasteiger partial charge in [-0.1, -0.05) is 43.7 Å². The van der Waals surface area contributed by atoms with Crippen LogP contribution in [0.4, 0.5) is 0 Å². The molecule has 2 aromatic carbocycles. The van der Waals surface area contributed by atoms with E-state index < -0.39 is 0 Å². The Morgan fingerprint density at radius 3 is 2.54 bits per heavy atom. The maximum absolute atomic E-state index is 9.97. The fourth-order valence-electron chi connectivity index (χ4n) is 2.55. The molecule has 1 N–H and O–H groups in total. The molecule has 0 fully saturated rings. The summed E-state index contributed by atoms with van der Waals surface area (Å²) in [5.41, 5.74) is 3.27. The number of ether oxygens (including phenoxy) is 1. The summed E-state index contributed by atoms with van der Waals surface area (Å²) in [6.07, 6.45) is 3.77. The number of hydrogen-bond donors (Lipinski definition) is 1. The average molecular weight is 341 g/mol. The molecule has 4 heteroatoms. The molecule has 0 aliphatic carbocycles. The first-order valence-electron chi connectivity index (χ1n) is 8.27. The molecule has 2 aromatic rings. The second kappa shape index (κ2) is 9.89. The van der Waals surface area contributed by atoms with Crippen LogP contribution in [0.3, 0.4) is 0 Å². The zero-order valence-electron chi connectivity index (χ0n) is 14.0. The molecular formula is C20H23NO2S. The third-order valence-electron chi connectivity index (χ3n) is 3.80. The van der Waals surface area contributed by atoms with Gasteiger partial charge in [-0.15, -0.1) is 0 Å². The predicted octanol–water partition coefficient (Wildman–Crippen LogP) is 5.07. The van der Waals surface area contributed by atoms with Crippen molar-refractivity contribution in [1.29, 1.82) is 5.26 Å². The largest absolute Gasteiger partial charge is 0.508 e. The van der Waals surface area contributed by atoms with Gasteiger partial charge in [-0.05, 0) is 54.3 Å². The average Bonchev–Trinajstić information content (AvgIpc) is 2.60. The van der Waals surface area contributed by atoms with Crippen molar-refractivity contribution in [3.63, 3.8) is 0 Å². The number of aryl methyl sites for hydroxylation is 1. The molecule has 2 rings (SSSR count). The highest BCUT2D eigenvalue weighted by atomic mass is 32.2. The second-order valence-corrected chi connectivity index (χ2v) is 6.53. The van der Waals surface area contributed by atoms with E-state index in [1.165, 1.54) is 17.3 Å². The molecule has 0 aliphatic rings. The van der Waals surface area contributed by atoms with Crippen LogP contribution in [-0.2, 0) is 19.4 Å². The number of nitrogens with zero attached hydrogens (tertiary/aromatic N) is 1. The fraction of sp³-hybridized carbons (Fsp3) is 0.350. The number of aromatic hydroxyl groups is 1. The van der Waals surface area contributed by atoms with Crippen LogP contribution < -0.4 is 4.74 Å². The minimum Gasteiger partial charge on any atom is -0.508 e. The third-order valence-corrected chi connectivity index (χ3v) is 4.42. The van der Waals surface area contributed by atoms with Crippen LogP contribution in [0.1, 0.15) is 36.5 Å². The van der Waals surface area contributed by atoms with Crippen molar-refractivity contribution in [2.24, 2.45) is 0 Å². The van der Waals surface area contributed by atoms with E-state index in [0.29, 0.717) is 12.4 Å². The fourth-order valence-corrected chi connectivity index (χ4v) is 2.93. The van der Waals surface area contributed by atoms with Crippen LogP contribution in [-0.4, -0.2) is 10.9 Å². The van der Waals surface area contributed by atoms with Gasteiger partial charge >= 0.3 is 0 Å². The first kappa shape index (κ1) is 18.2. The summed E-state index contributed by atoms with van der Waals surface area (Å²) in [5.74, 6) is 1.94. The molecule has 0 atom stereocenters. The van der Waals surface area contributed by atoms with Crippen LogP contribution in [0, 0.1) is 10.7 Å². The van der Waals surface area contributed by atoms with Gasteiger partial charge in [-0.2, -0.15) is 5.26 Å². The van der Waals surface area contributed by atoms with Gasteiger partial charge in [0.25, 0.3) is 0 Å². The summed E-state index contributed by atoms with van der Waals surface area (Å²) in [5, 5.41) is 20.6. The molecule has 0 saturated carbocycles. The van der Waals surface area contributed by atoms with E-state index in [1.54, 1.807) is 6.07 Å². The molecular weight excluding hydrogens is 318 g/mol. The van der Waals surface area contributed by atoms with Crippen molar-refractivity contribution in [3.8, 4) is 16.9 Å². The number of nitriles is 1. The molecule has 0 amide bonds. The summed E-state index contributed by atoms with van der Waals surface area (Å²) in [4.78, 5) is 0. The number of rotatable bonds is 9. The van der Waals surface area contributed by atoms with Gasteiger partial charge in [0.15, 0.2) is 0 Å². The number of phenols is 1. The van der Waals surface area contributed by atoms with Gasteiger partial charge in [-0.25, -0.2) is 0 Å². The Bertz CT molecular complexity index is 677. The molecule has 0 aliphatic heterocycles. The van der Waals surface area contributed by atoms with Crippen LogP contribution in [0.5, 0.6) is 11.5 Å². The van der Waals surface area contributed by atoms with Crippen molar-refractivity contribution in [1.82, 2.24) is 0 Å². The highest BCUT2D eigenvalue weighted by Crippen LogP contribution is 2.29. The maximum atomic E-state index is 9.97. The smallest absolute Gasteiger partial charge is 0.133 e. The molecule has 3 nitrogen and oxygen atoms in total. The lowest BCUT2D eigenvalue weighted by Crippen LogP contribution is -1.99. The van der Waals surface area contributed by atoms with Crippen LogP contribution in [0.25, 0.3) is 0 Å². The zero-order valence-corrected chi connectivity index (χ0v) is 14.8. The van der Waals surface area contributed by atoms with E-state index in [0.717, 1.165) is 48.3 Å². The molecule has 0 aromatic heterocycles. The van der Waals surface area contributed by atoms with Gasteiger partial charge in [0, 0.05) is 11.3 Å². The highest BCUT2D eigenvalue weighted by Gasteiger charge is 2.08. The van der Waals surface area contributed by atoms with E-state index in [2.05, 4.69) is 36.6 Å². The number of thioether (sulfide) groups is 1. The lowest BCUT2D eigenvalue weighted by molar-refractivity contribution is 0.300. The molecule has 126 valence electrons. The zero-order chi connectivity index (χ0) is 17.2. The van der Waals surface area contributed by atoms with E-state index in [-0.39, 0.29) is 0 Å². The number of benzene rings is 2. The molecule has 0 heterocycles. The molecule has 0 spiro atoms. The Kier molecular flexibility index (Phi) is 7.51. The highest BCUT2D eigenvalue weighted by molar-refractivity contribution is 8.03. The van der Waals surface area contributed by atoms with Gasteiger partial charge in [-0.3, -0.25) is 0 Å². The summed E-state index contributed by atoms with van der Waals surface area (Å²) in [6, 6.07) is 13.8. The summed E-state index contributed by atoms with van der Waals surface area (Å²) in [7, 11) is 0. The number of phenolic OH excluding ortho intramolecular Hbond substituents is 1. The van der Waals surface area contributed by atoms with Gasteiger partial charge in [0.05, 0.1) is 0 Å². The topological polar surface area (TPSA) is 53.2 Å². The van der Waals surface area contributed by atoms with E-state index in [1.807, 2.05) is 12.1 Å². The standard InChI is InChI=1S/C20H23NO2S/c1-2-5-18-19(22)7-3-8-20(18)23-14-17-11-9-16(10-12-17)6-4-13-24-15-21/h3,7-12,22H,2,4-6,13-14H2,1H3. The van der Waals surface area contributed by atoms with Crippen molar-refractivity contribution >= 4 is 11.8 Å². The molecule has 0 saturated heterocycles. The van der Waals surface area contributed by atoms with Crippen molar-refractivity contribution in [2.75, 3.05) is 5.75 Å². The molecule has 0 unspecified atom stereocenters. The Morgan fingerprint density at radius 2 is 1.83 bits per heavy atom. The van der Waals surface area contributed by atoms with E-state index >= 15 is 0 Å². The maximum Gasteiger partial charge on any atom is 0.133 e. The molecule has 0 radical (unpaired) electrons. The SMILES string of the molecule is CCCc1c(O)cccc1OCc1ccc(CCCSC#N)cc1. The second-order valence-electron chi connectivity index (χ2n) is 5.65. The van der Waals surface area contributed by atoms with E-state index in [9.17, 15) is 5.11 Å². The molecule has 0 bridgehead atoms. The van der Waals surface area contributed by atoms with Crippen molar-refractivity contribution in [3.05, 3.63) is 59.2 Å². The first-order valence-corrected chi connectivity index (χ1v) is 9.25. The normalized spacial score (nSPS) is 10.3. The quantitative estimate of drug-likeness (QED) is 0.511. The number of hydrogen-bond acceptors (Lipinski definition) is 4. The monoisotopic (exact) mass is 341 g/mol. The Morgan fingerprint density at radius 1 is 1.08 bits per heavy atom.